The molecule has 0 amide bonds. The van der Waals surface area contributed by atoms with Crippen LogP contribution in [0.2, 0.25) is 0 Å². The van der Waals surface area contributed by atoms with Gasteiger partial charge in [0.25, 0.3) is 0 Å². The molecule has 0 spiro atoms. The third kappa shape index (κ3) is 4.29. The highest BCUT2D eigenvalue weighted by Crippen LogP contribution is 2.40. The van der Waals surface area contributed by atoms with E-state index in [1.54, 1.807) is 0 Å². The number of hydrogen-bond donors (Lipinski definition) is 3. The zero-order chi connectivity index (χ0) is 16.2. The van der Waals surface area contributed by atoms with Gasteiger partial charge < -0.3 is 17.2 Å². The van der Waals surface area contributed by atoms with E-state index < -0.39 is 0 Å². The van der Waals surface area contributed by atoms with Crippen LogP contribution in [0.4, 0.5) is 0 Å². The molecule has 6 N–H and O–H groups in total. The standard InChI is InChI=1S/C20H39N3/c21-18-12-11-16(19(22)14-7-3-1-4-8-14)13-17(18)20(23)15-9-5-2-6-10-15/h14-20H,1-13,21-23H2. The van der Waals surface area contributed by atoms with Gasteiger partial charge in [0.1, 0.15) is 0 Å². The molecule has 0 radical (unpaired) electrons. The van der Waals surface area contributed by atoms with Gasteiger partial charge >= 0.3 is 0 Å². The van der Waals surface area contributed by atoms with Crippen LogP contribution in [-0.4, -0.2) is 18.1 Å². The molecule has 3 rings (SSSR count). The maximum atomic E-state index is 6.73. The molecule has 0 saturated heterocycles. The maximum Gasteiger partial charge on any atom is 0.0110 e. The van der Waals surface area contributed by atoms with Crippen molar-refractivity contribution < 1.29 is 0 Å². The molecule has 134 valence electrons. The smallest absolute Gasteiger partial charge is 0.0110 e. The van der Waals surface area contributed by atoms with Gasteiger partial charge in [0.05, 0.1) is 0 Å². The van der Waals surface area contributed by atoms with E-state index in [0.29, 0.717) is 35.9 Å². The van der Waals surface area contributed by atoms with Gasteiger partial charge in [-0.1, -0.05) is 38.5 Å². The van der Waals surface area contributed by atoms with E-state index >= 15 is 0 Å². The first-order valence-corrected chi connectivity index (χ1v) is 10.4. The van der Waals surface area contributed by atoms with Gasteiger partial charge in [0, 0.05) is 18.1 Å². The fourth-order valence-corrected chi connectivity index (χ4v) is 5.83. The Morgan fingerprint density at radius 3 is 1.65 bits per heavy atom. The second-order valence-corrected chi connectivity index (χ2v) is 8.85. The van der Waals surface area contributed by atoms with Crippen LogP contribution in [-0.2, 0) is 0 Å². The van der Waals surface area contributed by atoms with Crippen LogP contribution in [0.5, 0.6) is 0 Å². The van der Waals surface area contributed by atoms with Crippen LogP contribution in [0.3, 0.4) is 0 Å². The molecule has 3 heteroatoms. The second-order valence-electron chi connectivity index (χ2n) is 8.85. The van der Waals surface area contributed by atoms with Gasteiger partial charge in [0.15, 0.2) is 0 Å². The molecule has 5 atom stereocenters. The van der Waals surface area contributed by atoms with Gasteiger partial charge in [-0.15, -0.1) is 0 Å². The van der Waals surface area contributed by atoms with Crippen molar-refractivity contribution in [3.05, 3.63) is 0 Å². The molecule has 23 heavy (non-hydrogen) atoms. The van der Waals surface area contributed by atoms with Gasteiger partial charge in [-0.2, -0.15) is 0 Å². The highest BCUT2D eigenvalue weighted by atomic mass is 14.8. The van der Waals surface area contributed by atoms with Crippen molar-refractivity contribution in [2.45, 2.75) is 102 Å². The monoisotopic (exact) mass is 321 g/mol. The third-order valence-electron chi connectivity index (χ3n) is 7.42. The van der Waals surface area contributed by atoms with Crippen molar-refractivity contribution in [1.82, 2.24) is 0 Å². The summed E-state index contributed by atoms with van der Waals surface area (Å²) in [5.74, 6) is 2.64. The van der Waals surface area contributed by atoms with Crippen LogP contribution in [0.15, 0.2) is 0 Å². The van der Waals surface area contributed by atoms with E-state index in [9.17, 15) is 0 Å². The topological polar surface area (TPSA) is 78.1 Å². The molecule has 0 bridgehead atoms. The molecule has 0 aromatic carbocycles. The first-order chi connectivity index (χ1) is 11.2. The Hall–Kier alpha value is -0.120. The van der Waals surface area contributed by atoms with Crippen molar-refractivity contribution in [2.75, 3.05) is 0 Å². The number of nitrogens with two attached hydrogens (primary N) is 3. The van der Waals surface area contributed by atoms with Crippen LogP contribution in [0.1, 0.15) is 83.5 Å². The highest BCUT2D eigenvalue weighted by Gasteiger charge is 2.39. The number of rotatable bonds is 4. The van der Waals surface area contributed by atoms with Gasteiger partial charge in [0.2, 0.25) is 0 Å². The van der Waals surface area contributed by atoms with E-state index in [-0.39, 0.29) is 0 Å². The van der Waals surface area contributed by atoms with Crippen molar-refractivity contribution in [3.63, 3.8) is 0 Å². The van der Waals surface area contributed by atoms with Crippen LogP contribution in [0, 0.1) is 23.7 Å². The van der Waals surface area contributed by atoms with Crippen LogP contribution < -0.4 is 17.2 Å². The zero-order valence-corrected chi connectivity index (χ0v) is 15.0. The minimum Gasteiger partial charge on any atom is -0.327 e. The van der Waals surface area contributed by atoms with Gasteiger partial charge in [-0.25, -0.2) is 0 Å². The Bertz CT molecular complexity index is 347. The van der Waals surface area contributed by atoms with E-state index in [0.717, 1.165) is 12.3 Å². The quantitative estimate of drug-likeness (QED) is 0.741. The van der Waals surface area contributed by atoms with E-state index in [4.69, 9.17) is 17.2 Å². The molecule has 0 heterocycles. The summed E-state index contributed by atoms with van der Waals surface area (Å²) in [4.78, 5) is 0. The Kier molecular flexibility index (Phi) is 6.39. The average molecular weight is 322 g/mol. The normalized spacial score (nSPS) is 37.4. The van der Waals surface area contributed by atoms with Crippen molar-refractivity contribution in [3.8, 4) is 0 Å². The minimum absolute atomic E-state index is 0.307. The first-order valence-electron chi connectivity index (χ1n) is 10.4. The molecule has 3 saturated carbocycles. The number of hydrogen-bond acceptors (Lipinski definition) is 3. The summed E-state index contributed by atoms with van der Waals surface area (Å²) in [6.45, 7) is 0. The summed E-state index contributed by atoms with van der Waals surface area (Å²) < 4.78 is 0. The minimum atomic E-state index is 0.307. The van der Waals surface area contributed by atoms with Crippen LogP contribution in [0.25, 0.3) is 0 Å². The Balaban J connectivity index is 1.59. The van der Waals surface area contributed by atoms with Crippen molar-refractivity contribution in [1.29, 1.82) is 0 Å². The summed E-state index contributed by atoms with van der Waals surface area (Å²) >= 11 is 0. The summed E-state index contributed by atoms with van der Waals surface area (Å²) in [6.07, 6.45) is 17.2. The lowest BCUT2D eigenvalue weighted by Gasteiger charge is -2.44. The van der Waals surface area contributed by atoms with Crippen molar-refractivity contribution in [2.24, 2.45) is 40.9 Å². The molecule has 3 aliphatic rings. The molecule has 3 aliphatic carbocycles. The van der Waals surface area contributed by atoms with E-state index in [2.05, 4.69) is 0 Å². The molecule has 0 aromatic heterocycles. The lowest BCUT2D eigenvalue weighted by atomic mass is 9.66. The maximum absolute atomic E-state index is 6.73. The SMILES string of the molecule is NC1CCC(C(N)C2CCCCC2)CC1C(N)C1CCCCC1. The molecule has 3 nitrogen and oxygen atoms in total. The lowest BCUT2D eigenvalue weighted by molar-refractivity contribution is 0.118. The Labute approximate surface area is 143 Å². The molecular weight excluding hydrogens is 282 g/mol. The largest absolute Gasteiger partial charge is 0.327 e. The van der Waals surface area contributed by atoms with Gasteiger partial charge in [-0.05, 0) is 68.6 Å². The molecular formula is C20H39N3. The summed E-state index contributed by atoms with van der Waals surface area (Å²) in [7, 11) is 0. The van der Waals surface area contributed by atoms with E-state index in [1.807, 2.05) is 0 Å². The van der Waals surface area contributed by atoms with Crippen molar-refractivity contribution >= 4 is 0 Å². The lowest BCUT2D eigenvalue weighted by Crippen LogP contribution is -2.52. The Morgan fingerprint density at radius 2 is 1.09 bits per heavy atom. The molecule has 3 fully saturated rings. The first kappa shape index (κ1) is 17.7. The molecule has 5 unspecified atom stereocenters. The average Bonchev–Trinajstić information content (AvgIpc) is 2.62. The van der Waals surface area contributed by atoms with E-state index in [1.165, 1.54) is 77.0 Å². The second kappa shape index (κ2) is 8.31. The summed E-state index contributed by atoms with van der Waals surface area (Å²) in [5.41, 5.74) is 20.0. The predicted octanol–water partition coefficient (Wildman–Crippen LogP) is 3.55. The molecule has 0 aliphatic heterocycles. The summed E-state index contributed by atoms with van der Waals surface area (Å²) in [6, 6.07) is 1.01. The van der Waals surface area contributed by atoms with Gasteiger partial charge in [-0.3, -0.25) is 0 Å². The Morgan fingerprint density at radius 1 is 0.565 bits per heavy atom. The summed E-state index contributed by atoms with van der Waals surface area (Å²) in [5, 5.41) is 0. The predicted molar refractivity (Wildman–Crippen MR) is 97.9 cm³/mol. The highest BCUT2D eigenvalue weighted by molar-refractivity contribution is 4.95. The molecule has 0 aromatic rings. The fraction of sp³-hybridized carbons (Fsp3) is 1.00. The fourth-order valence-electron chi connectivity index (χ4n) is 5.83. The van der Waals surface area contributed by atoms with Crippen LogP contribution >= 0.6 is 0 Å². The third-order valence-corrected chi connectivity index (χ3v) is 7.42. The zero-order valence-electron chi connectivity index (χ0n) is 15.0.